The summed E-state index contributed by atoms with van der Waals surface area (Å²) >= 11 is 6.96. The summed E-state index contributed by atoms with van der Waals surface area (Å²) in [7, 11) is 0. The van der Waals surface area contributed by atoms with Gasteiger partial charge < -0.3 is 29.2 Å². The van der Waals surface area contributed by atoms with Crippen molar-refractivity contribution in [1.29, 1.82) is 0 Å². The third kappa shape index (κ3) is 7.38. The Labute approximate surface area is 243 Å². The molecule has 2 fully saturated rings. The average Bonchev–Trinajstić information content (AvgIpc) is 3.54. The minimum absolute atomic E-state index is 0.0899. The molecule has 0 aliphatic carbocycles. The largest absolute Gasteiger partial charge is 0.479 e. The number of benzene rings is 1. The van der Waals surface area contributed by atoms with Crippen LogP contribution in [0, 0.1) is 5.82 Å². The summed E-state index contributed by atoms with van der Waals surface area (Å²) in [5.74, 6) is -3.06. The number of morpholine rings is 1. The molecule has 0 spiro atoms. The number of thiophene rings is 1. The van der Waals surface area contributed by atoms with E-state index in [0.29, 0.717) is 35.9 Å². The molecule has 4 rings (SSSR count). The van der Waals surface area contributed by atoms with Crippen LogP contribution in [0.2, 0.25) is 4.34 Å². The summed E-state index contributed by atoms with van der Waals surface area (Å²) in [5.41, 5.74) is 0.228. The number of carboxylic acid groups (broad SMARTS) is 1. The van der Waals surface area contributed by atoms with Crippen molar-refractivity contribution in [3.05, 3.63) is 45.4 Å². The lowest BCUT2D eigenvalue weighted by atomic mass is 10.2. The van der Waals surface area contributed by atoms with Crippen LogP contribution in [0.3, 0.4) is 0 Å². The molecule has 220 valence electrons. The standard InChI is InChI=1S/C26H28ClFN4O8S/c27-21-7-6-20(41-21)24(35)32(23(25(36)37)29-8-2-1-3-10-33)14-17-13-31(26(38)40-17)19-5-4-16(12-18(19)28)30-9-11-39-15-22(30)34/h4-7,10,12,17,23,29H,1-3,8-9,11,13-15H2,(H,36,37)/t17-,23?/m1/s1. The molecule has 0 radical (unpaired) electrons. The minimum atomic E-state index is -1.48. The van der Waals surface area contributed by atoms with Crippen LogP contribution < -0.4 is 15.1 Å². The number of nitrogens with one attached hydrogen (secondary N) is 1. The number of hydrogen-bond acceptors (Lipinski definition) is 9. The summed E-state index contributed by atoms with van der Waals surface area (Å²) in [5, 5.41) is 12.8. The van der Waals surface area contributed by atoms with Crippen molar-refractivity contribution < 1.29 is 42.9 Å². The molecular weight excluding hydrogens is 583 g/mol. The number of anilines is 2. The first-order valence-corrected chi connectivity index (χ1v) is 14.0. The molecule has 3 heterocycles. The average molecular weight is 611 g/mol. The second-order valence-electron chi connectivity index (χ2n) is 9.27. The number of aldehydes is 1. The predicted octanol–water partition coefficient (Wildman–Crippen LogP) is 2.74. The molecule has 2 saturated heterocycles. The van der Waals surface area contributed by atoms with E-state index in [0.717, 1.165) is 33.5 Å². The number of ether oxygens (including phenoxy) is 2. The number of nitrogens with zero attached hydrogens (tertiary/aromatic N) is 3. The molecule has 2 aliphatic heterocycles. The predicted molar refractivity (Wildman–Crippen MR) is 147 cm³/mol. The molecule has 1 aromatic carbocycles. The number of unbranched alkanes of at least 4 members (excludes halogenated alkanes) is 2. The van der Waals surface area contributed by atoms with Crippen molar-refractivity contribution in [2.75, 3.05) is 49.2 Å². The summed E-state index contributed by atoms with van der Waals surface area (Å²) in [6.07, 6.45) is -1.21. The van der Waals surface area contributed by atoms with Gasteiger partial charge in [-0.25, -0.2) is 14.0 Å². The number of hydrogen-bond donors (Lipinski definition) is 2. The zero-order valence-electron chi connectivity index (χ0n) is 21.8. The number of aliphatic carboxylic acids is 1. The van der Waals surface area contributed by atoms with E-state index in [-0.39, 0.29) is 49.3 Å². The van der Waals surface area contributed by atoms with Crippen LogP contribution in [0.5, 0.6) is 0 Å². The third-order valence-corrected chi connectivity index (χ3v) is 7.69. The summed E-state index contributed by atoms with van der Waals surface area (Å²) < 4.78 is 26.0. The van der Waals surface area contributed by atoms with Gasteiger partial charge in [0.2, 0.25) is 0 Å². The maximum atomic E-state index is 15.2. The first-order chi connectivity index (χ1) is 19.7. The Hall–Kier alpha value is -3.59. The Morgan fingerprint density at radius 3 is 2.71 bits per heavy atom. The van der Waals surface area contributed by atoms with Crippen LogP contribution in [0.25, 0.3) is 0 Å². The van der Waals surface area contributed by atoms with Crippen LogP contribution in [0.4, 0.5) is 20.6 Å². The lowest BCUT2D eigenvalue weighted by molar-refractivity contribution is -0.144. The maximum absolute atomic E-state index is 15.2. The zero-order chi connectivity index (χ0) is 29.5. The molecular formula is C26H28ClFN4O8S. The van der Waals surface area contributed by atoms with E-state index in [1.807, 2.05) is 0 Å². The van der Waals surface area contributed by atoms with Gasteiger partial charge in [-0.1, -0.05) is 11.6 Å². The first kappa shape index (κ1) is 30.4. The Morgan fingerprint density at radius 2 is 2.05 bits per heavy atom. The molecule has 0 bridgehead atoms. The lowest BCUT2D eigenvalue weighted by Gasteiger charge is -2.30. The van der Waals surface area contributed by atoms with E-state index in [4.69, 9.17) is 21.1 Å². The summed E-state index contributed by atoms with van der Waals surface area (Å²) in [6.45, 7) is 0.206. The van der Waals surface area contributed by atoms with Gasteiger partial charge in [-0.2, -0.15) is 0 Å². The third-order valence-electron chi connectivity index (χ3n) is 6.47. The number of cyclic esters (lactones) is 1. The Morgan fingerprint density at radius 1 is 1.24 bits per heavy atom. The summed E-state index contributed by atoms with van der Waals surface area (Å²) in [6, 6.07) is 6.98. The van der Waals surface area contributed by atoms with Gasteiger partial charge in [0, 0.05) is 18.7 Å². The molecule has 41 heavy (non-hydrogen) atoms. The normalized spacial score (nSPS) is 17.9. The van der Waals surface area contributed by atoms with Crippen LogP contribution in [0.15, 0.2) is 30.3 Å². The molecule has 2 aliphatic rings. The fourth-order valence-corrected chi connectivity index (χ4v) is 5.50. The highest BCUT2D eigenvalue weighted by molar-refractivity contribution is 7.18. The van der Waals surface area contributed by atoms with Crippen molar-refractivity contribution in [1.82, 2.24) is 10.2 Å². The number of halogens is 2. The number of carboxylic acids is 1. The highest BCUT2D eigenvalue weighted by atomic mass is 35.5. The van der Waals surface area contributed by atoms with Gasteiger partial charge >= 0.3 is 12.1 Å². The van der Waals surface area contributed by atoms with Gasteiger partial charge in [-0.05, 0) is 49.7 Å². The topological polar surface area (TPSA) is 146 Å². The minimum Gasteiger partial charge on any atom is -0.479 e. The van der Waals surface area contributed by atoms with Gasteiger partial charge in [0.25, 0.3) is 11.8 Å². The Balaban J connectivity index is 1.51. The molecule has 12 nitrogen and oxygen atoms in total. The highest BCUT2D eigenvalue weighted by Gasteiger charge is 2.39. The van der Waals surface area contributed by atoms with Crippen molar-refractivity contribution in [2.45, 2.75) is 31.5 Å². The van der Waals surface area contributed by atoms with E-state index in [9.17, 15) is 29.1 Å². The molecule has 2 aromatic rings. The number of amides is 3. The maximum Gasteiger partial charge on any atom is 0.414 e. The molecule has 3 amide bonds. The molecule has 2 atom stereocenters. The fourth-order valence-electron chi connectivity index (χ4n) is 4.50. The molecule has 1 aromatic heterocycles. The van der Waals surface area contributed by atoms with Crippen molar-refractivity contribution in [3.8, 4) is 0 Å². The number of rotatable bonds is 13. The summed E-state index contributed by atoms with van der Waals surface area (Å²) in [4.78, 5) is 64.7. The van der Waals surface area contributed by atoms with Crippen molar-refractivity contribution in [2.24, 2.45) is 0 Å². The van der Waals surface area contributed by atoms with Crippen LogP contribution >= 0.6 is 22.9 Å². The van der Waals surface area contributed by atoms with Gasteiger partial charge in [-0.3, -0.25) is 19.8 Å². The molecule has 2 N–H and O–H groups in total. The molecule has 15 heteroatoms. The quantitative estimate of drug-likeness (QED) is 0.199. The second-order valence-corrected chi connectivity index (χ2v) is 11.0. The van der Waals surface area contributed by atoms with E-state index >= 15 is 4.39 Å². The zero-order valence-corrected chi connectivity index (χ0v) is 23.4. The monoisotopic (exact) mass is 610 g/mol. The highest BCUT2D eigenvalue weighted by Crippen LogP contribution is 2.30. The van der Waals surface area contributed by atoms with Crippen molar-refractivity contribution in [3.63, 3.8) is 0 Å². The van der Waals surface area contributed by atoms with Crippen LogP contribution in [-0.4, -0.2) is 91.8 Å². The van der Waals surface area contributed by atoms with Gasteiger partial charge in [-0.15, -0.1) is 11.3 Å². The fraction of sp³-hybridized carbons (Fsp3) is 0.423. The lowest BCUT2D eigenvalue weighted by Crippen LogP contribution is -2.56. The Kier molecular flexibility index (Phi) is 10.3. The van der Waals surface area contributed by atoms with E-state index in [1.54, 1.807) is 0 Å². The van der Waals surface area contributed by atoms with Crippen molar-refractivity contribution >= 4 is 64.5 Å². The molecule has 0 saturated carbocycles. The second kappa shape index (κ2) is 13.9. The SMILES string of the molecule is O=CCCCCNC(C(=O)O)N(C[C@H]1CN(c2ccc(N3CCOCC3=O)cc2F)C(=O)O1)C(=O)c1ccc(Cl)s1. The van der Waals surface area contributed by atoms with Crippen LogP contribution in [0.1, 0.15) is 28.9 Å². The van der Waals surface area contributed by atoms with Gasteiger partial charge in [0.05, 0.1) is 34.6 Å². The number of carbonyl (C=O) groups excluding carboxylic acids is 4. The molecule has 1 unspecified atom stereocenters. The Bertz CT molecular complexity index is 1310. The van der Waals surface area contributed by atoms with Crippen LogP contribution in [-0.2, 0) is 23.9 Å². The van der Waals surface area contributed by atoms with Gasteiger partial charge in [0.15, 0.2) is 6.17 Å². The van der Waals surface area contributed by atoms with Gasteiger partial charge in [0.1, 0.15) is 24.8 Å². The smallest absolute Gasteiger partial charge is 0.414 e. The van der Waals surface area contributed by atoms with E-state index in [1.165, 1.54) is 29.2 Å². The van der Waals surface area contributed by atoms with E-state index < -0.39 is 36.1 Å². The number of carbonyl (C=O) groups is 5. The van der Waals surface area contributed by atoms with E-state index in [2.05, 4.69) is 5.32 Å². The first-order valence-electron chi connectivity index (χ1n) is 12.8.